The molecule has 1 unspecified atom stereocenters. The molecule has 1 rings (SSSR count). The van der Waals surface area contributed by atoms with Crippen LogP contribution in [0.5, 0.6) is 11.5 Å². The standard InChI is InChI=1S/C22H36N2O9/c1-15(2)23-22(25)33-17(5)18-13-20(28-6)21(14-19(18)24(26)27)32-12-10-30-8-7-29-9-11-31-16(3)4/h13-17H,7-12H2,1-6H3,(H,23,25). The third-order valence-corrected chi connectivity index (χ3v) is 4.17. The van der Waals surface area contributed by atoms with Gasteiger partial charge in [-0.1, -0.05) is 0 Å². The molecule has 0 radical (unpaired) electrons. The average molecular weight is 473 g/mol. The molecule has 0 bridgehead atoms. The van der Waals surface area contributed by atoms with Gasteiger partial charge in [-0.2, -0.15) is 0 Å². The highest BCUT2D eigenvalue weighted by Gasteiger charge is 2.26. The summed E-state index contributed by atoms with van der Waals surface area (Å²) in [6.07, 6.45) is -1.37. The Morgan fingerprint density at radius 2 is 1.58 bits per heavy atom. The number of ether oxygens (including phenoxy) is 6. The Hall–Kier alpha value is -2.63. The minimum absolute atomic E-state index is 0.127. The van der Waals surface area contributed by atoms with Crippen LogP contribution in [-0.4, -0.2) is 69.9 Å². The van der Waals surface area contributed by atoms with Crippen LogP contribution < -0.4 is 14.8 Å². The fraction of sp³-hybridized carbons (Fsp3) is 0.682. The molecule has 0 aliphatic heterocycles. The van der Waals surface area contributed by atoms with Crippen LogP contribution in [0.3, 0.4) is 0 Å². The summed E-state index contributed by atoms with van der Waals surface area (Å²) >= 11 is 0. The van der Waals surface area contributed by atoms with Crippen molar-refractivity contribution in [3.8, 4) is 11.5 Å². The van der Waals surface area contributed by atoms with Crippen LogP contribution in [0, 0.1) is 10.1 Å². The average Bonchev–Trinajstić information content (AvgIpc) is 2.73. The maximum Gasteiger partial charge on any atom is 0.407 e. The molecular weight excluding hydrogens is 436 g/mol. The van der Waals surface area contributed by atoms with Crippen LogP contribution in [0.15, 0.2) is 12.1 Å². The lowest BCUT2D eigenvalue weighted by molar-refractivity contribution is -0.386. The molecule has 0 fully saturated rings. The maximum atomic E-state index is 11.9. The monoisotopic (exact) mass is 472 g/mol. The van der Waals surface area contributed by atoms with Gasteiger partial charge in [-0.3, -0.25) is 10.1 Å². The third-order valence-electron chi connectivity index (χ3n) is 4.17. The number of hydrogen-bond donors (Lipinski definition) is 1. The first-order valence-corrected chi connectivity index (χ1v) is 10.9. The number of nitro groups is 1. The number of rotatable bonds is 16. The van der Waals surface area contributed by atoms with E-state index < -0.39 is 17.1 Å². The second-order valence-corrected chi connectivity index (χ2v) is 7.66. The van der Waals surface area contributed by atoms with Crippen LogP contribution in [0.25, 0.3) is 0 Å². The van der Waals surface area contributed by atoms with Crippen molar-refractivity contribution in [2.45, 2.75) is 52.9 Å². The summed E-state index contributed by atoms with van der Waals surface area (Å²) in [5, 5.41) is 14.2. The molecular formula is C22H36N2O9. The minimum Gasteiger partial charge on any atom is -0.493 e. The van der Waals surface area contributed by atoms with Gasteiger partial charge in [0.15, 0.2) is 11.5 Å². The van der Waals surface area contributed by atoms with E-state index in [-0.39, 0.29) is 48.1 Å². The number of methoxy groups -OCH3 is 1. The molecule has 33 heavy (non-hydrogen) atoms. The van der Waals surface area contributed by atoms with E-state index in [0.717, 1.165) is 0 Å². The molecule has 0 aliphatic carbocycles. The summed E-state index contributed by atoms with van der Waals surface area (Å²) in [4.78, 5) is 22.9. The lowest BCUT2D eigenvalue weighted by Gasteiger charge is -2.18. The van der Waals surface area contributed by atoms with Gasteiger partial charge in [0, 0.05) is 6.04 Å². The zero-order valence-corrected chi connectivity index (χ0v) is 20.3. The normalized spacial score (nSPS) is 12.0. The number of nitrogens with zero attached hydrogens (tertiary/aromatic N) is 1. The van der Waals surface area contributed by atoms with E-state index in [0.29, 0.717) is 26.4 Å². The van der Waals surface area contributed by atoms with Crippen LogP contribution in [0.4, 0.5) is 10.5 Å². The first kappa shape index (κ1) is 28.4. The van der Waals surface area contributed by atoms with E-state index in [1.807, 2.05) is 13.8 Å². The molecule has 0 saturated carbocycles. The zero-order valence-electron chi connectivity index (χ0n) is 20.3. The maximum absolute atomic E-state index is 11.9. The third kappa shape index (κ3) is 11.2. The molecule has 11 heteroatoms. The van der Waals surface area contributed by atoms with Gasteiger partial charge in [-0.25, -0.2) is 4.79 Å². The number of amides is 1. The van der Waals surface area contributed by atoms with E-state index >= 15 is 0 Å². The molecule has 0 aromatic heterocycles. The van der Waals surface area contributed by atoms with Gasteiger partial charge < -0.3 is 33.7 Å². The molecule has 188 valence electrons. The number of carbonyl (C=O) groups is 1. The number of benzene rings is 1. The smallest absolute Gasteiger partial charge is 0.407 e. The van der Waals surface area contributed by atoms with Crippen molar-refractivity contribution in [3.05, 3.63) is 27.8 Å². The predicted molar refractivity (Wildman–Crippen MR) is 121 cm³/mol. The van der Waals surface area contributed by atoms with Gasteiger partial charge in [-0.15, -0.1) is 0 Å². The van der Waals surface area contributed by atoms with Crippen molar-refractivity contribution in [2.75, 3.05) is 46.8 Å². The number of nitro benzene ring substituents is 1. The lowest BCUT2D eigenvalue weighted by atomic mass is 10.1. The number of hydrogen-bond acceptors (Lipinski definition) is 9. The van der Waals surface area contributed by atoms with Gasteiger partial charge in [0.05, 0.1) is 62.8 Å². The Bertz CT molecular complexity index is 741. The Morgan fingerprint density at radius 3 is 2.12 bits per heavy atom. The Labute approximate surface area is 194 Å². The van der Waals surface area contributed by atoms with Gasteiger partial charge in [0.1, 0.15) is 12.7 Å². The zero-order chi connectivity index (χ0) is 24.8. The fourth-order valence-corrected chi connectivity index (χ4v) is 2.69. The van der Waals surface area contributed by atoms with Crippen molar-refractivity contribution >= 4 is 11.8 Å². The molecule has 11 nitrogen and oxygen atoms in total. The Balaban J connectivity index is 2.62. The van der Waals surface area contributed by atoms with Gasteiger partial charge in [0.25, 0.3) is 5.69 Å². The molecule has 1 atom stereocenters. The number of carbonyl (C=O) groups excluding carboxylic acids is 1. The van der Waals surface area contributed by atoms with E-state index in [1.165, 1.54) is 19.2 Å². The van der Waals surface area contributed by atoms with Crippen LogP contribution in [-0.2, 0) is 18.9 Å². The van der Waals surface area contributed by atoms with Crippen LogP contribution >= 0.6 is 0 Å². The van der Waals surface area contributed by atoms with Crippen molar-refractivity contribution in [2.24, 2.45) is 0 Å². The van der Waals surface area contributed by atoms with Crippen LogP contribution in [0.1, 0.15) is 46.3 Å². The molecule has 0 saturated heterocycles. The minimum atomic E-state index is -0.874. The largest absolute Gasteiger partial charge is 0.493 e. The van der Waals surface area contributed by atoms with E-state index in [4.69, 9.17) is 28.4 Å². The fourth-order valence-electron chi connectivity index (χ4n) is 2.69. The highest BCUT2D eigenvalue weighted by atomic mass is 16.6. The van der Waals surface area contributed by atoms with Crippen LogP contribution in [0.2, 0.25) is 0 Å². The van der Waals surface area contributed by atoms with Crippen molar-refractivity contribution in [1.82, 2.24) is 5.32 Å². The van der Waals surface area contributed by atoms with Crippen molar-refractivity contribution in [1.29, 1.82) is 0 Å². The second kappa shape index (κ2) is 15.3. The lowest BCUT2D eigenvalue weighted by Crippen LogP contribution is -2.31. The summed E-state index contributed by atoms with van der Waals surface area (Å²) in [5.74, 6) is 0.473. The molecule has 1 aromatic rings. The summed E-state index contributed by atoms with van der Waals surface area (Å²) in [5.41, 5.74) is -0.0495. The number of alkyl carbamates (subject to hydrolysis) is 1. The first-order valence-electron chi connectivity index (χ1n) is 10.9. The molecule has 0 aliphatic rings. The van der Waals surface area contributed by atoms with Gasteiger partial charge >= 0.3 is 6.09 Å². The Kier molecular flexibility index (Phi) is 13.1. The molecule has 1 amide bonds. The summed E-state index contributed by atoms with van der Waals surface area (Å²) in [6.45, 7) is 11.3. The van der Waals surface area contributed by atoms with E-state index in [9.17, 15) is 14.9 Å². The molecule has 1 N–H and O–H groups in total. The van der Waals surface area contributed by atoms with Gasteiger partial charge in [0.2, 0.25) is 0 Å². The van der Waals surface area contributed by atoms with Crippen molar-refractivity contribution in [3.63, 3.8) is 0 Å². The van der Waals surface area contributed by atoms with Gasteiger partial charge in [-0.05, 0) is 40.7 Å². The topological polar surface area (TPSA) is 128 Å². The quantitative estimate of drug-likeness (QED) is 0.218. The summed E-state index contributed by atoms with van der Waals surface area (Å²) < 4.78 is 32.4. The molecule has 0 heterocycles. The first-order chi connectivity index (χ1) is 15.6. The SMILES string of the molecule is COc1cc(C(C)OC(=O)NC(C)C)c([N+](=O)[O-])cc1OCCOCCOCCOC(C)C. The highest BCUT2D eigenvalue weighted by Crippen LogP contribution is 2.38. The second-order valence-electron chi connectivity index (χ2n) is 7.66. The summed E-state index contributed by atoms with van der Waals surface area (Å²) in [7, 11) is 1.42. The molecule has 1 aromatic carbocycles. The highest BCUT2D eigenvalue weighted by molar-refractivity contribution is 5.68. The number of nitrogens with one attached hydrogen (secondary N) is 1. The van der Waals surface area contributed by atoms with E-state index in [2.05, 4.69) is 5.32 Å². The van der Waals surface area contributed by atoms with Crippen molar-refractivity contribution < 1.29 is 38.1 Å². The Morgan fingerprint density at radius 1 is 0.970 bits per heavy atom. The van der Waals surface area contributed by atoms with E-state index in [1.54, 1.807) is 20.8 Å². The summed E-state index contributed by atoms with van der Waals surface area (Å²) in [6, 6.07) is 2.57. The predicted octanol–water partition coefficient (Wildman–Crippen LogP) is 3.64. The molecule has 0 spiro atoms.